The molecule has 3 fully saturated rings. The number of hydrogen-bond donors (Lipinski definition) is 0. The molecule has 2 heterocycles. The first-order valence-corrected chi connectivity index (χ1v) is 14.1. The largest absolute Gasteiger partial charge is 0.416 e. The van der Waals surface area contributed by atoms with Crippen molar-refractivity contribution in [1.82, 2.24) is 14.7 Å². The van der Waals surface area contributed by atoms with Crippen LogP contribution in [0, 0.1) is 12.8 Å². The van der Waals surface area contributed by atoms with Crippen molar-refractivity contribution in [2.75, 3.05) is 19.6 Å². The van der Waals surface area contributed by atoms with Gasteiger partial charge < -0.3 is 14.5 Å². The van der Waals surface area contributed by atoms with Gasteiger partial charge in [0.15, 0.2) is 5.78 Å². The summed E-state index contributed by atoms with van der Waals surface area (Å²) in [6, 6.07) is 14.5. The van der Waals surface area contributed by atoms with Gasteiger partial charge in [-0.3, -0.25) is 19.3 Å². The summed E-state index contributed by atoms with van der Waals surface area (Å²) in [5, 5.41) is 0. The third kappa shape index (κ3) is 5.70. The number of piperazine rings is 1. The maximum absolute atomic E-state index is 13.9. The fourth-order valence-electron chi connectivity index (χ4n) is 6.39. The molecule has 2 saturated heterocycles. The van der Waals surface area contributed by atoms with Crippen LogP contribution in [-0.4, -0.2) is 70.2 Å². The molecule has 2 aromatic rings. The number of ether oxygens (including phenoxy) is 1. The number of aryl methyl sites for hydroxylation is 1. The van der Waals surface area contributed by atoms with E-state index in [-0.39, 0.29) is 43.0 Å². The van der Waals surface area contributed by atoms with Gasteiger partial charge in [-0.2, -0.15) is 0 Å². The van der Waals surface area contributed by atoms with Crippen LogP contribution in [0.25, 0.3) is 0 Å². The highest BCUT2D eigenvalue weighted by Gasteiger charge is 2.51. The van der Waals surface area contributed by atoms with Crippen molar-refractivity contribution in [3.8, 4) is 5.75 Å². The van der Waals surface area contributed by atoms with Crippen LogP contribution in [0.3, 0.4) is 0 Å². The summed E-state index contributed by atoms with van der Waals surface area (Å²) in [5.74, 6) is 0.315. The Morgan fingerprint density at radius 3 is 2.44 bits per heavy atom. The molecule has 0 unspecified atom stereocenters. The van der Waals surface area contributed by atoms with Gasteiger partial charge in [0.1, 0.15) is 18.0 Å². The summed E-state index contributed by atoms with van der Waals surface area (Å²) in [4.78, 5) is 57.7. The van der Waals surface area contributed by atoms with E-state index in [0.717, 1.165) is 43.2 Å². The van der Waals surface area contributed by atoms with Gasteiger partial charge in [-0.1, -0.05) is 49.6 Å². The highest BCUT2D eigenvalue weighted by Crippen LogP contribution is 2.36. The Hall–Kier alpha value is -3.68. The van der Waals surface area contributed by atoms with Gasteiger partial charge in [0.2, 0.25) is 11.8 Å². The number of nitrogens with zero attached hydrogens (tertiary/aromatic N) is 3. The Morgan fingerprint density at radius 2 is 1.74 bits per heavy atom. The summed E-state index contributed by atoms with van der Waals surface area (Å²) in [6.45, 7) is 4.34. The van der Waals surface area contributed by atoms with Gasteiger partial charge in [0.05, 0.1) is 6.54 Å². The van der Waals surface area contributed by atoms with Gasteiger partial charge >= 0.3 is 6.09 Å². The molecule has 8 nitrogen and oxygen atoms in total. The number of hydrogen-bond acceptors (Lipinski definition) is 5. The summed E-state index contributed by atoms with van der Waals surface area (Å²) in [7, 11) is 0. The number of carbonyl (C=O) groups is 4. The van der Waals surface area contributed by atoms with Crippen LogP contribution in [0.4, 0.5) is 4.79 Å². The minimum absolute atomic E-state index is 0.00639. The van der Waals surface area contributed by atoms with Crippen LogP contribution in [0.15, 0.2) is 48.5 Å². The lowest BCUT2D eigenvalue weighted by atomic mass is 9.81. The quantitative estimate of drug-likeness (QED) is 0.509. The predicted octanol–water partition coefficient (Wildman–Crippen LogP) is 4.59. The molecule has 206 valence electrons. The molecule has 2 aliphatic heterocycles. The maximum Gasteiger partial charge on any atom is 0.416 e. The van der Waals surface area contributed by atoms with Gasteiger partial charge in [-0.25, -0.2) is 4.79 Å². The normalized spacial score (nSPS) is 22.1. The molecule has 3 amide bonds. The van der Waals surface area contributed by atoms with Gasteiger partial charge in [0.25, 0.3) is 0 Å². The SMILES string of the molecule is CC(=O)c1ccc(OC(=O)N2CCC(=O)N3[C@@H](C4CCCCC4)C(=O)N(CCc4ccccc4)C[C@H]23)cc1C. The fraction of sp³-hybridized carbons (Fsp3) is 0.484. The number of ketones is 1. The second-order valence-corrected chi connectivity index (χ2v) is 11.0. The minimum atomic E-state index is -0.572. The van der Waals surface area contributed by atoms with E-state index in [1.54, 1.807) is 28.0 Å². The number of carbonyl (C=O) groups excluding carboxylic acids is 4. The second-order valence-electron chi connectivity index (χ2n) is 11.0. The summed E-state index contributed by atoms with van der Waals surface area (Å²) >= 11 is 0. The molecule has 0 radical (unpaired) electrons. The van der Waals surface area contributed by atoms with E-state index in [9.17, 15) is 19.2 Å². The smallest absolute Gasteiger partial charge is 0.410 e. The van der Waals surface area contributed by atoms with E-state index in [1.807, 2.05) is 42.2 Å². The zero-order valence-electron chi connectivity index (χ0n) is 22.8. The molecule has 5 rings (SSSR count). The molecule has 1 saturated carbocycles. The second kappa shape index (κ2) is 11.6. The number of rotatable bonds is 6. The first-order valence-electron chi connectivity index (χ1n) is 14.1. The highest BCUT2D eigenvalue weighted by atomic mass is 16.6. The molecule has 8 heteroatoms. The lowest BCUT2D eigenvalue weighted by Crippen LogP contribution is -2.73. The standard InChI is InChI=1S/C31H37N3O5/c1-21-19-25(13-14-26(21)22(2)35)39-31(38)33-18-16-28(36)34-27(33)20-32(17-15-23-9-5-3-6-10-23)30(37)29(34)24-11-7-4-8-12-24/h3,5-6,9-10,13-14,19,24,27,29H,4,7-8,11-12,15-18,20H2,1-2H3/t27-,29+/m1/s1. The van der Waals surface area contributed by atoms with E-state index < -0.39 is 18.3 Å². The van der Waals surface area contributed by atoms with Crippen molar-refractivity contribution in [1.29, 1.82) is 0 Å². The molecule has 3 aliphatic rings. The number of amides is 3. The lowest BCUT2D eigenvalue weighted by molar-refractivity contribution is -0.171. The van der Waals surface area contributed by atoms with Crippen LogP contribution in [-0.2, 0) is 16.0 Å². The first-order chi connectivity index (χ1) is 18.8. The molecule has 39 heavy (non-hydrogen) atoms. The van der Waals surface area contributed by atoms with E-state index in [1.165, 1.54) is 6.92 Å². The minimum Gasteiger partial charge on any atom is -0.410 e. The monoisotopic (exact) mass is 531 g/mol. The first kappa shape index (κ1) is 26.9. The van der Waals surface area contributed by atoms with Crippen LogP contribution < -0.4 is 4.74 Å². The average molecular weight is 532 g/mol. The molecule has 2 atom stereocenters. The predicted molar refractivity (Wildman–Crippen MR) is 146 cm³/mol. The molecular formula is C31H37N3O5. The molecule has 0 aromatic heterocycles. The molecular weight excluding hydrogens is 494 g/mol. The highest BCUT2D eigenvalue weighted by molar-refractivity contribution is 5.95. The third-order valence-electron chi connectivity index (χ3n) is 8.41. The molecule has 2 aromatic carbocycles. The molecule has 1 aliphatic carbocycles. The lowest BCUT2D eigenvalue weighted by Gasteiger charge is -2.53. The van der Waals surface area contributed by atoms with Crippen LogP contribution in [0.5, 0.6) is 5.75 Å². The Balaban J connectivity index is 1.40. The Kier molecular flexibility index (Phi) is 8.00. The summed E-state index contributed by atoms with van der Waals surface area (Å²) in [5.41, 5.74) is 2.46. The number of benzene rings is 2. The molecule has 0 spiro atoms. The molecule has 0 N–H and O–H groups in total. The van der Waals surface area contributed by atoms with Crippen molar-refractivity contribution in [3.05, 3.63) is 65.2 Å². The number of Topliss-reactive ketones (excluding diaryl/α,β-unsaturated/α-hetero) is 1. The van der Waals surface area contributed by atoms with Crippen molar-refractivity contribution >= 4 is 23.7 Å². The number of fused-ring (bicyclic) bond motifs is 1. The summed E-state index contributed by atoms with van der Waals surface area (Å²) < 4.78 is 5.76. The topological polar surface area (TPSA) is 87.2 Å². The third-order valence-corrected chi connectivity index (χ3v) is 8.41. The van der Waals surface area contributed by atoms with Gasteiger partial charge in [0, 0.05) is 25.1 Å². The van der Waals surface area contributed by atoms with Crippen LogP contribution in [0.2, 0.25) is 0 Å². The van der Waals surface area contributed by atoms with Crippen LogP contribution >= 0.6 is 0 Å². The van der Waals surface area contributed by atoms with E-state index >= 15 is 0 Å². The van der Waals surface area contributed by atoms with Gasteiger partial charge in [-0.05, 0) is 68.4 Å². The average Bonchev–Trinajstić information content (AvgIpc) is 2.93. The zero-order chi connectivity index (χ0) is 27.5. The van der Waals surface area contributed by atoms with E-state index in [2.05, 4.69) is 0 Å². The maximum atomic E-state index is 13.9. The Labute approximate surface area is 229 Å². The van der Waals surface area contributed by atoms with Crippen molar-refractivity contribution < 1.29 is 23.9 Å². The Bertz CT molecular complexity index is 1240. The van der Waals surface area contributed by atoms with Crippen LogP contribution in [0.1, 0.15) is 66.9 Å². The van der Waals surface area contributed by atoms with Crippen molar-refractivity contribution in [3.63, 3.8) is 0 Å². The van der Waals surface area contributed by atoms with Crippen molar-refractivity contribution in [2.45, 2.75) is 71.0 Å². The fourth-order valence-corrected chi connectivity index (χ4v) is 6.39. The van der Waals surface area contributed by atoms with Gasteiger partial charge in [-0.15, -0.1) is 0 Å². The van der Waals surface area contributed by atoms with Crippen molar-refractivity contribution in [2.24, 2.45) is 5.92 Å². The zero-order valence-corrected chi connectivity index (χ0v) is 22.8. The van der Waals surface area contributed by atoms with E-state index in [4.69, 9.17) is 4.74 Å². The summed E-state index contributed by atoms with van der Waals surface area (Å²) in [6.07, 6.45) is 4.80. The Morgan fingerprint density at radius 1 is 1.00 bits per heavy atom. The molecule has 0 bridgehead atoms. The van der Waals surface area contributed by atoms with E-state index in [0.29, 0.717) is 24.3 Å².